The quantitative estimate of drug-likeness (QED) is 0.883. The van der Waals surface area contributed by atoms with Crippen molar-refractivity contribution in [2.75, 3.05) is 44.7 Å². The lowest BCUT2D eigenvalue weighted by molar-refractivity contribution is 0.0398. The number of fused-ring (bicyclic) bond motifs is 3. The second kappa shape index (κ2) is 7.43. The number of aryl methyl sites for hydroxylation is 2. The van der Waals surface area contributed by atoms with E-state index in [1.807, 2.05) is 6.92 Å². The second-order valence-corrected chi connectivity index (χ2v) is 7.84. The van der Waals surface area contributed by atoms with E-state index in [0.717, 1.165) is 62.5 Å². The summed E-state index contributed by atoms with van der Waals surface area (Å²) in [6.45, 7) is 7.98. The normalized spacial score (nSPS) is 18.4. The molecule has 7 heteroatoms. The van der Waals surface area contributed by atoms with E-state index < -0.39 is 0 Å². The molecule has 1 fully saturated rings. The van der Waals surface area contributed by atoms with Gasteiger partial charge >= 0.3 is 0 Å². The number of aromatic nitrogens is 2. The third-order valence-electron chi connectivity index (χ3n) is 5.21. The van der Waals surface area contributed by atoms with Crippen LogP contribution >= 0.6 is 11.3 Å². The largest absolute Gasteiger partial charge is 0.379 e. The van der Waals surface area contributed by atoms with Crippen LogP contribution in [-0.2, 0) is 24.1 Å². The molecule has 0 bridgehead atoms. The van der Waals surface area contributed by atoms with Crippen LogP contribution in [-0.4, -0.2) is 53.8 Å². The molecule has 4 rings (SSSR count). The minimum Gasteiger partial charge on any atom is -0.379 e. The zero-order valence-electron chi connectivity index (χ0n) is 14.8. The highest BCUT2D eigenvalue weighted by Crippen LogP contribution is 2.34. The Hall–Kier alpha value is -1.44. The summed E-state index contributed by atoms with van der Waals surface area (Å²) in [5, 5.41) is 4.28. The molecule has 1 N–H and O–H groups in total. The van der Waals surface area contributed by atoms with Gasteiger partial charge in [-0.1, -0.05) is 0 Å². The fraction of sp³-hybridized carbons (Fsp3) is 0.667. The van der Waals surface area contributed by atoms with E-state index in [-0.39, 0.29) is 5.56 Å². The Morgan fingerprint density at radius 1 is 1.24 bits per heavy atom. The van der Waals surface area contributed by atoms with Crippen LogP contribution in [0.4, 0.5) is 5.95 Å². The minimum atomic E-state index is 0.126. The van der Waals surface area contributed by atoms with Crippen LogP contribution in [0.15, 0.2) is 4.79 Å². The summed E-state index contributed by atoms with van der Waals surface area (Å²) in [6, 6.07) is 0. The molecule has 1 aliphatic carbocycles. The lowest BCUT2D eigenvalue weighted by Gasteiger charge is -2.26. The van der Waals surface area contributed by atoms with Gasteiger partial charge in [-0.15, -0.1) is 11.3 Å². The van der Waals surface area contributed by atoms with Gasteiger partial charge in [0.2, 0.25) is 5.95 Å². The molecule has 0 radical (unpaired) electrons. The van der Waals surface area contributed by atoms with Crippen molar-refractivity contribution >= 4 is 27.5 Å². The zero-order chi connectivity index (χ0) is 17.2. The Morgan fingerprint density at radius 3 is 2.84 bits per heavy atom. The number of anilines is 1. The standard InChI is InChI=1S/C18H26N4O2S/c1-2-22-17(23)15-13-5-3-4-6-14(13)25-16(15)20-18(22)19-7-8-21-9-11-24-12-10-21/h2-12H2,1H3,(H,19,20). The van der Waals surface area contributed by atoms with Crippen LogP contribution < -0.4 is 10.9 Å². The fourth-order valence-corrected chi connectivity index (χ4v) is 5.07. The number of nitrogens with one attached hydrogen (secondary N) is 1. The first kappa shape index (κ1) is 17.0. The number of morpholine rings is 1. The first-order valence-electron chi connectivity index (χ1n) is 9.37. The molecule has 0 aromatic carbocycles. The second-order valence-electron chi connectivity index (χ2n) is 6.76. The molecule has 0 spiro atoms. The van der Waals surface area contributed by atoms with Crippen LogP contribution in [0.3, 0.4) is 0 Å². The third kappa shape index (κ3) is 3.32. The van der Waals surface area contributed by atoms with Crippen LogP contribution in [0.2, 0.25) is 0 Å². The van der Waals surface area contributed by atoms with Crippen molar-refractivity contribution < 1.29 is 4.74 Å². The summed E-state index contributed by atoms with van der Waals surface area (Å²) in [4.78, 5) is 22.5. The molecule has 0 atom stereocenters. The molecule has 1 saturated heterocycles. The highest BCUT2D eigenvalue weighted by molar-refractivity contribution is 7.18. The molecule has 2 aromatic rings. The van der Waals surface area contributed by atoms with Gasteiger partial charge in [0, 0.05) is 37.6 Å². The van der Waals surface area contributed by atoms with Crippen molar-refractivity contribution in [1.82, 2.24) is 14.5 Å². The Labute approximate surface area is 151 Å². The number of thiophene rings is 1. The van der Waals surface area contributed by atoms with Crippen LogP contribution in [0.1, 0.15) is 30.2 Å². The third-order valence-corrected chi connectivity index (χ3v) is 6.39. The Balaban J connectivity index is 1.58. The van der Waals surface area contributed by atoms with Crippen LogP contribution in [0.5, 0.6) is 0 Å². The van der Waals surface area contributed by atoms with Gasteiger partial charge in [0.25, 0.3) is 5.56 Å². The van der Waals surface area contributed by atoms with E-state index in [2.05, 4.69) is 10.2 Å². The number of hydrogen-bond acceptors (Lipinski definition) is 6. The van der Waals surface area contributed by atoms with E-state index in [1.54, 1.807) is 15.9 Å². The van der Waals surface area contributed by atoms with Crippen LogP contribution in [0, 0.1) is 0 Å². The molecule has 25 heavy (non-hydrogen) atoms. The number of ether oxygens (including phenoxy) is 1. The molecule has 6 nitrogen and oxygen atoms in total. The molecule has 2 aliphatic rings. The molecule has 1 aliphatic heterocycles. The summed E-state index contributed by atoms with van der Waals surface area (Å²) in [7, 11) is 0. The number of hydrogen-bond donors (Lipinski definition) is 1. The Bertz CT molecular complexity index is 807. The summed E-state index contributed by atoms with van der Waals surface area (Å²) >= 11 is 1.72. The van der Waals surface area contributed by atoms with Gasteiger partial charge in [-0.25, -0.2) is 4.98 Å². The summed E-state index contributed by atoms with van der Waals surface area (Å²) in [5.41, 5.74) is 1.39. The van der Waals surface area contributed by atoms with E-state index in [9.17, 15) is 4.79 Å². The van der Waals surface area contributed by atoms with E-state index >= 15 is 0 Å². The molecule has 3 heterocycles. The average Bonchev–Trinajstić information content (AvgIpc) is 3.01. The van der Waals surface area contributed by atoms with Crippen molar-refractivity contribution in [2.24, 2.45) is 0 Å². The number of rotatable bonds is 5. The predicted molar refractivity (Wildman–Crippen MR) is 102 cm³/mol. The maximum Gasteiger partial charge on any atom is 0.263 e. The van der Waals surface area contributed by atoms with Gasteiger partial charge < -0.3 is 10.1 Å². The lowest BCUT2D eigenvalue weighted by atomic mass is 9.97. The van der Waals surface area contributed by atoms with E-state index in [0.29, 0.717) is 12.5 Å². The van der Waals surface area contributed by atoms with Gasteiger partial charge in [-0.2, -0.15) is 0 Å². The molecular formula is C18H26N4O2S. The minimum absolute atomic E-state index is 0.126. The van der Waals surface area contributed by atoms with Crippen molar-refractivity contribution in [3.63, 3.8) is 0 Å². The molecule has 0 saturated carbocycles. The summed E-state index contributed by atoms with van der Waals surface area (Å²) in [6.07, 6.45) is 4.54. The summed E-state index contributed by atoms with van der Waals surface area (Å²) < 4.78 is 7.18. The SMILES string of the molecule is CCn1c(NCCN2CCOCC2)nc2sc3c(c2c1=O)CCCC3. The lowest BCUT2D eigenvalue weighted by Crippen LogP contribution is -2.39. The Morgan fingerprint density at radius 2 is 2.04 bits per heavy atom. The zero-order valence-corrected chi connectivity index (χ0v) is 15.7. The first-order valence-corrected chi connectivity index (χ1v) is 10.2. The van der Waals surface area contributed by atoms with E-state index in [1.165, 1.54) is 23.3 Å². The smallest absolute Gasteiger partial charge is 0.263 e. The van der Waals surface area contributed by atoms with E-state index in [4.69, 9.17) is 9.72 Å². The monoisotopic (exact) mass is 362 g/mol. The molecular weight excluding hydrogens is 336 g/mol. The summed E-state index contributed by atoms with van der Waals surface area (Å²) in [5.74, 6) is 0.715. The topological polar surface area (TPSA) is 59.4 Å². The molecule has 2 aromatic heterocycles. The maximum absolute atomic E-state index is 13.0. The Kier molecular flexibility index (Phi) is 5.05. The molecule has 0 amide bonds. The van der Waals surface area contributed by atoms with Gasteiger partial charge in [-0.05, 0) is 38.2 Å². The number of nitrogens with zero attached hydrogens (tertiary/aromatic N) is 3. The predicted octanol–water partition coefficient (Wildman–Crippen LogP) is 2.10. The maximum atomic E-state index is 13.0. The van der Waals surface area contributed by atoms with Gasteiger partial charge in [0.15, 0.2) is 0 Å². The molecule has 136 valence electrons. The highest BCUT2D eigenvalue weighted by Gasteiger charge is 2.21. The van der Waals surface area contributed by atoms with Crippen LogP contribution in [0.25, 0.3) is 10.2 Å². The van der Waals surface area contributed by atoms with Gasteiger partial charge in [0.1, 0.15) is 4.83 Å². The fourth-order valence-electron chi connectivity index (χ4n) is 3.82. The van der Waals surface area contributed by atoms with Crippen molar-refractivity contribution in [1.29, 1.82) is 0 Å². The van der Waals surface area contributed by atoms with Crippen molar-refractivity contribution in [2.45, 2.75) is 39.2 Å². The van der Waals surface area contributed by atoms with Crippen molar-refractivity contribution in [3.05, 3.63) is 20.8 Å². The first-order chi connectivity index (χ1) is 12.3. The van der Waals surface area contributed by atoms with Crippen molar-refractivity contribution in [3.8, 4) is 0 Å². The van der Waals surface area contributed by atoms with Gasteiger partial charge in [-0.3, -0.25) is 14.3 Å². The average molecular weight is 362 g/mol. The highest BCUT2D eigenvalue weighted by atomic mass is 32.1. The van der Waals surface area contributed by atoms with Gasteiger partial charge in [0.05, 0.1) is 18.6 Å². The molecule has 0 unspecified atom stereocenters.